The molecule has 2 aromatic rings. The van der Waals surface area contributed by atoms with Crippen LogP contribution in [0.15, 0.2) is 53.6 Å². The Morgan fingerprint density at radius 3 is 2.58 bits per heavy atom. The fraction of sp³-hybridized carbons (Fsp3) is 0.300. The van der Waals surface area contributed by atoms with Gasteiger partial charge in [0, 0.05) is 11.3 Å². The van der Waals surface area contributed by atoms with E-state index in [2.05, 4.69) is 47.8 Å². The molecule has 0 spiro atoms. The molecular weight excluding hydrogens is 316 g/mol. The number of amides is 1. The number of nitrogens with one attached hydrogen (secondary N) is 1. The molecule has 126 valence electrons. The number of thioether (sulfide) groups is 1. The Balaban J connectivity index is 1.92. The second-order valence-corrected chi connectivity index (χ2v) is 7.26. The first kappa shape index (κ1) is 18.3. The van der Waals surface area contributed by atoms with Gasteiger partial charge in [0.2, 0.25) is 0 Å². The molecule has 2 rings (SSSR count). The van der Waals surface area contributed by atoms with Gasteiger partial charge < -0.3 is 0 Å². The Hall–Kier alpha value is -2.07. The summed E-state index contributed by atoms with van der Waals surface area (Å²) >= 11 is 1.61. The van der Waals surface area contributed by atoms with Gasteiger partial charge in [0.25, 0.3) is 5.91 Å². The van der Waals surface area contributed by atoms with Crippen molar-refractivity contribution >= 4 is 23.4 Å². The van der Waals surface area contributed by atoms with Crippen LogP contribution in [0.25, 0.3) is 0 Å². The predicted molar refractivity (Wildman–Crippen MR) is 103 cm³/mol. The number of benzene rings is 2. The molecule has 3 nitrogen and oxygen atoms in total. The van der Waals surface area contributed by atoms with Crippen molar-refractivity contribution in [2.45, 2.75) is 38.7 Å². The zero-order chi connectivity index (χ0) is 17.5. The summed E-state index contributed by atoms with van der Waals surface area (Å²) in [7, 11) is 0. The lowest BCUT2D eigenvalue weighted by molar-refractivity contribution is -0.120. The van der Waals surface area contributed by atoms with E-state index in [1.54, 1.807) is 11.8 Å². The van der Waals surface area contributed by atoms with Crippen molar-refractivity contribution in [3.8, 4) is 0 Å². The van der Waals surface area contributed by atoms with E-state index < -0.39 is 0 Å². The summed E-state index contributed by atoms with van der Waals surface area (Å²) in [5, 5.41) is 4.12. The lowest BCUT2D eigenvalue weighted by atomic mass is 10.0. The zero-order valence-corrected chi connectivity index (χ0v) is 15.5. The van der Waals surface area contributed by atoms with Crippen LogP contribution in [0.5, 0.6) is 0 Å². The monoisotopic (exact) mass is 340 g/mol. The van der Waals surface area contributed by atoms with Crippen molar-refractivity contribution in [3.05, 3.63) is 70.8 Å². The molecule has 2 aromatic carbocycles. The van der Waals surface area contributed by atoms with E-state index in [-0.39, 0.29) is 11.2 Å². The fourth-order valence-electron chi connectivity index (χ4n) is 2.29. The largest absolute Gasteiger partial charge is 0.272 e. The molecule has 0 heterocycles. The van der Waals surface area contributed by atoms with Gasteiger partial charge in [-0.15, -0.1) is 11.8 Å². The van der Waals surface area contributed by atoms with Gasteiger partial charge in [-0.3, -0.25) is 4.79 Å². The van der Waals surface area contributed by atoms with E-state index in [1.807, 2.05) is 39.0 Å². The van der Waals surface area contributed by atoms with Crippen LogP contribution in [0.1, 0.15) is 36.1 Å². The molecule has 0 aliphatic carbocycles. The molecule has 0 bridgehead atoms. The maximum Gasteiger partial charge on any atom is 0.252 e. The highest BCUT2D eigenvalue weighted by Gasteiger charge is 2.13. The first-order chi connectivity index (χ1) is 11.5. The second-order valence-electron chi connectivity index (χ2n) is 5.93. The van der Waals surface area contributed by atoms with Crippen molar-refractivity contribution in [2.24, 2.45) is 5.10 Å². The van der Waals surface area contributed by atoms with Crippen LogP contribution in [0.2, 0.25) is 0 Å². The van der Waals surface area contributed by atoms with Crippen LogP contribution in [-0.4, -0.2) is 16.9 Å². The maximum atomic E-state index is 12.2. The summed E-state index contributed by atoms with van der Waals surface area (Å²) in [6.07, 6.45) is 0. The standard InChI is InChI=1S/C20H24N2OS/c1-14-10-11-15(2)19(12-14)16(3)21-22-20(23)17(4)24-13-18-8-6-5-7-9-18/h5-12,17H,13H2,1-4H3,(H,22,23)/b21-16-/t17-/m0/s1. The molecule has 0 aliphatic heterocycles. The fourth-order valence-corrected chi connectivity index (χ4v) is 3.13. The highest BCUT2D eigenvalue weighted by Crippen LogP contribution is 2.17. The number of hydrogen-bond donors (Lipinski definition) is 1. The van der Waals surface area contributed by atoms with E-state index in [9.17, 15) is 4.79 Å². The molecule has 1 atom stereocenters. The topological polar surface area (TPSA) is 41.5 Å². The number of hydrazone groups is 1. The Kier molecular flexibility index (Phi) is 6.62. The SMILES string of the molecule is C/C(=N/NC(=O)[C@H](C)SCc1ccccc1)c1cc(C)ccc1C. The molecule has 0 aromatic heterocycles. The summed E-state index contributed by atoms with van der Waals surface area (Å²) < 4.78 is 0. The Bertz CT molecular complexity index is 726. The van der Waals surface area contributed by atoms with E-state index in [0.29, 0.717) is 0 Å². The molecule has 0 radical (unpaired) electrons. The number of aryl methyl sites for hydroxylation is 2. The van der Waals surface area contributed by atoms with Gasteiger partial charge in [-0.2, -0.15) is 5.10 Å². The Morgan fingerprint density at radius 1 is 1.17 bits per heavy atom. The third-order valence-electron chi connectivity index (χ3n) is 3.83. The van der Waals surface area contributed by atoms with Crippen molar-refractivity contribution < 1.29 is 4.79 Å². The van der Waals surface area contributed by atoms with Crippen LogP contribution in [-0.2, 0) is 10.5 Å². The summed E-state index contributed by atoms with van der Waals surface area (Å²) in [6, 6.07) is 16.4. The lowest BCUT2D eigenvalue weighted by Gasteiger charge is -2.11. The molecule has 0 unspecified atom stereocenters. The predicted octanol–water partition coefficient (Wildman–Crippen LogP) is 4.47. The van der Waals surface area contributed by atoms with E-state index in [0.717, 1.165) is 22.6 Å². The quantitative estimate of drug-likeness (QED) is 0.623. The number of rotatable bonds is 6. The normalized spacial score (nSPS) is 12.8. The van der Waals surface area contributed by atoms with Crippen molar-refractivity contribution in [2.75, 3.05) is 0 Å². The van der Waals surface area contributed by atoms with Crippen molar-refractivity contribution in [1.82, 2.24) is 5.43 Å². The van der Waals surface area contributed by atoms with Gasteiger partial charge in [-0.1, -0.05) is 48.0 Å². The minimum absolute atomic E-state index is 0.0689. The molecule has 1 amide bonds. The first-order valence-corrected chi connectivity index (χ1v) is 9.09. The molecule has 0 saturated carbocycles. The molecular formula is C20H24N2OS. The van der Waals surface area contributed by atoms with Gasteiger partial charge >= 0.3 is 0 Å². The first-order valence-electron chi connectivity index (χ1n) is 8.04. The van der Waals surface area contributed by atoms with Crippen LogP contribution >= 0.6 is 11.8 Å². The average Bonchev–Trinajstić information content (AvgIpc) is 2.60. The van der Waals surface area contributed by atoms with Gasteiger partial charge in [0.1, 0.15) is 0 Å². The summed E-state index contributed by atoms with van der Waals surface area (Å²) in [5.41, 5.74) is 8.14. The molecule has 0 aliphatic rings. The Labute approximate surface area is 148 Å². The molecule has 0 saturated heterocycles. The molecule has 4 heteroatoms. The van der Waals surface area contributed by atoms with Gasteiger partial charge in [-0.25, -0.2) is 5.43 Å². The minimum atomic E-state index is -0.152. The summed E-state index contributed by atoms with van der Waals surface area (Å²) in [5.74, 6) is 0.746. The minimum Gasteiger partial charge on any atom is -0.272 e. The maximum absolute atomic E-state index is 12.2. The van der Waals surface area contributed by atoms with E-state index in [1.165, 1.54) is 11.1 Å². The molecule has 1 N–H and O–H groups in total. The summed E-state index contributed by atoms with van der Waals surface area (Å²) in [4.78, 5) is 12.2. The second kappa shape index (κ2) is 8.69. The average molecular weight is 340 g/mol. The summed E-state index contributed by atoms with van der Waals surface area (Å²) in [6.45, 7) is 7.93. The lowest BCUT2D eigenvalue weighted by Crippen LogP contribution is -2.28. The van der Waals surface area contributed by atoms with Crippen LogP contribution in [0, 0.1) is 13.8 Å². The van der Waals surface area contributed by atoms with Crippen LogP contribution in [0.3, 0.4) is 0 Å². The van der Waals surface area contributed by atoms with Crippen LogP contribution in [0.4, 0.5) is 0 Å². The van der Waals surface area contributed by atoms with Gasteiger partial charge in [0.05, 0.1) is 11.0 Å². The number of carbonyl (C=O) groups is 1. The Morgan fingerprint density at radius 2 is 1.88 bits per heavy atom. The number of nitrogens with zero attached hydrogens (tertiary/aromatic N) is 1. The van der Waals surface area contributed by atoms with E-state index in [4.69, 9.17) is 0 Å². The third kappa shape index (κ3) is 5.24. The van der Waals surface area contributed by atoms with Gasteiger partial charge in [-0.05, 0) is 44.9 Å². The molecule has 0 fully saturated rings. The highest BCUT2D eigenvalue weighted by molar-refractivity contribution is 7.99. The third-order valence-corrected chi connectivity index (χ3v) is 5.04. The number of carbonyl (C=O) groups excluding carboxylic acids is 1. The smallest absolute Gasteiger partial charge is 0.252 e. The van der Waals surface area contributed by atoms with Crippen molar-refractivity contribution in [3.63, 3.8) is 0 Å². The molecule has 24 heavy (non-hydrogen) atoms. The number of hydrogen-bond acceptors (Lipinski definition) is 3. The van der Waals surface area contributed by atoms with Crippen LogP contribution < -0.4 is 5.43 Å². The zero-order valence-electron chi connectivity index (χ0n) is 14.7. The van der Waals surface area contributed by atoms with Crippen molar-refractivity contribution in [1.29, 1.82) is 0 Å². The van der Waals surface area contributed by atoms with Gasteiger partial charge in [0.15, 0.2) is 0 Å². The van der Waals surface area contributed by atoms with E-state index >= 15 is 0 Å². The highest BCUT2D eigenvalue weighted by atomic mass is 32.2.